The molecule has 0 saturated carbocycles. The van der Waals surface area contributed by atoms with Crippen molar-refractivity contribution in [3.63, 3.8) is 0 Å². The van der Waals surface area contributed by atoms with Gasteiger partial charge in [0.2, 0.25) is 11.8 Å². The maximum atomic E-state index is 12.9. The topological polar surface area (TPSA) is 71.6 Å². The molecule has 0 spiro atoms. The number of aromatic nitrogens is 2. The summed E-state index contributed by atoms with van der Waals surface area (Å²) in [7, 11) is 3.68. The molecule has 2 amide bonds. The lowest BCUT2D eigenvalue weighted by Crippen LogP contribution is -2.44. The molecule has 0 bridgehead atoms. The Hall–Kier alpha value is -2.57. The molecule has 3 rings (SSSR count). The highest BCUT2D eigenvalue weighted by atomic mass is 16.3. The van der Waals surface area contributed by atoms with Crippen molar-refractivity contribution < 1.29 is 14.0 Å². The maximum absolute atomic E-state index is 12.9. The van der Waals surface area contributed by atoms with Crippen molar-refractivity contribution in [3.05, 3.63) is 41.1 Å². The van der Waals surface area contributed by atoms with E-state index in [9.17, 15) is 9.59 Å². The standard InChI is InChI=1S/C18H24N4O3/c1-12-15(13(2)21(4)19-12)11-20(3)18(24)16-7-8-17(23)22(16)10-14-6-5-9-25-14/h5-6,9,16H,7-8,10-11H2,1-4H3/t16-/m0/s1. The number of furan rings is 1. The van der Waals surface area contributed by atoms with Crippen molar-refractivity contribution in [1.82, 2.24) is 19.6 Å². The number of hydrogen-bond acceptors (Lipinski definition) is 4. The lowest BCUT2D eigenvalue weighted by Gasteiger charge is -2.27. The molecule has 25 heavy (non-hydrogen) atoms. The number of carbonyl (C=O) groups excluding carboxylic acids is 2. The molecule has 0 aliphatic carbocycles. The van der Waals surface area contributed by atoms with E-state index in [1.54, 1.807) is 29.2 Å². The second kappa shape index (κ2) is 6.74. The molecule has 7 heteroatoms. The molecule has 2 aromatic rings. The summed E-state index contributed by atoms with van der Waals surface area (Å²) in [6.07, 6.45) is 2.52. The molecule has 0 N–H and O–H groups in total. The summed E-state index contributed by atoms with van der Waals surface area (Å²) in [4.78, 5) is 28.5. The van der Waals surface area contributed by atoms with Gasteiger partial charge < -0.3 is 14.2 Å². The van der Waals surface area contributed by atoms with Crippen molar-refractivity contribution in [1.29, 1.82) is 0 Å². The maximum Gasteiger partial charge on any atom is 0.245 e. The predicted octanol–water partition coefficient (Wildman–Crippen LogP) is 1.78. The summed E-state index contributed by atoms with van der Waals surface area (Å²) in [6, 6.07) is 3.17. The van der Waals surface area contributed by atoms with Gasteiger partial charge in [0.05, 0.1) is 18.5 Å². The number of amides is 2. The van der Waals surface area contributed by atoms with Crippen molar-refractivity contribution >= 4 is 11.8 Å². The quantitative estimate of drug-likeness (QED) is 0.829. The summed E-state index contributed by atoms with van der Waals surface area (Å²) in [5.74, 6) is 0.645. The van der Waals surface area contributed by atoms with Crippen LogP contribution in [0, 0.1) is 13.8 Å². The van der Waals surface area contributed by atoms with Gasteiger partial charge in [-0.25, -0.2) is 0 Å². The number of hydrogen-bond donors (Lipinski definition) is 0. The Morgan fingerprint density at radius 1 is 1.44 bits per heavy atom. The van der Waals surface area contributed by atoms with Crippen LogP contribution in [0.2, 0.25) is 0 Å². The van der Waals surface area contributed by atoms with Gasteiger partial charge in [-0.05, 0) is 32.4 Å². The van der Waals surface area contributed by atoms with Gasteiger partial charge in [-0.15, -0.1) is 0 Å². The van der Waals surface area contributed by atoms with Crippen LogP contribution in [-0.2, 0) is 29.7 Å². The van der Waals surface area contributed by atoms with Crippen LogP contribution in [0.1, 0.15) is 35.6 Å². The number of aryl methyl sites for hydroxylation is 2. The minimum atomic E-state index is -0.431. The average Bonchev–Trinajstić information content (AvgIpc) is 3.26. The highest BCUT2D eigenvalue weighted by Gasteiger charge is 2.38. The van der Waals surface area contributed by atoms with E-state index in [1.807, 2.05) is 31.6 Å². The average molecular weight is 344 g/mol. The smallest absolute Gasteiger partial charge is 0.245 e. The van der Waals surface area contributed by atoms with Crippen molar-refractivity contribution in [2.45, 2.75) is 45.8 Å². The van der Waals surface area contributed by atoms with Crippen LogP contribution in [0.15, 0.2) is 22.8 Å². The molecule has 1 aliphatic heterocycles. The molecular weight excluding hydrogens is 320 g/mol. The predicted molar refractivity (Wildman–Crippen MR) is 91.4 cm³/mol. The fourth-order valence-corrected chi connectivity index (χ4v) is 3.37. The summed E-state index contributed by atoms with van der Waals surface area (Å²) in [5.41, 5.74) is 3.03. The highest BCUT2D eigenvalue weighted by molar-refractivity contribution is 5.90. The molecule has 1 fully saturated rings. The Kier molecular flexibility index (Phi) is 4.65. The first-order chi connectivity index (χ1) is 11.9. The van der Waals surface area contributed by atoms with Gasteiger partial charge in [0.15, 0.2) is 0 Å². The van der Waals surface area contributed by atoms with E-state index in [0.29, 0.717) is 31.7 Å². The number of nitrogens with zero attached hydrogens (tertiary/aromatic N) is 4. The van der Waals surface area contributed by atoms with Crippen LogP contribution in [0.4, 0.5) is 0 Å². The first-order valence-electron chi connectivity index (χ1n) is 8.44. The number of likely N-dealkylation sites (tertiary alicyclic amines) is 1. The van der Waals surface area contributed by atoms with Crippen molar-refractivity contribution in [2.75, 3.05) is 7.05 Å². The molecular formula is C18H24N4O3. The minimum absolute atomic E-state index is 0.00288. The SMILES string of the molecule is Cc1nn(C)c(C)c1CN(C)C(=O)[C@@H]1CCC(=O)N1Cc1ccco1. The molecule has 2 aromatic heterocycles. The van der Waals surface area contributed by atoms with Gasteiger partial charge in [0, 0.05) is 38.3 Å². The van der Waals surface area contributed by atoms with Crippen LogP contribution >= 0.6 is 0 Å². The van der Waals surface area contributed by atoms with E-state index in [4.69, 9.17) is 4.42 Å². The lowest BCUT2D eigenvalue weighted by atomic mass is 10.1. The Bertz CT molecular complexity index is 779. The van der Waals surface area contributed by atoms with Gasteiger partial charge in [-0.2, -0.15) is 5.10 Å². The molecule has 1 saturated heterocycles. The fourth-order valence-electron chi connectivity index (χ4n) is 3.37. The van der Waals surface area contributed by atoms with Gasteiger partial charge in [0.1, 0.15) is 11.8 Å². The molecule has 1 atom stereocenters. The third-order valence-electron chi connectivity index (χ3n) is 4.95. The minimum Gasteiger partial charge on any atom is -0.467 e. The molecule has 0 unspecified atom stereocenters. The van der Waals surface area contributed by atoms with E-state index in [1.165, 1.54) is 0 Å². The first kappa shape index (κ1) is 17.3. The second-order valence-corrected chi connectivity index (χ2v) is 6.62. The Balaban J connectivity index is 1.73. The highest BCUT2D eigenvalue weighted by Crippen LogP contribution is 2.24. The Labute approximate surface area is 147 Å². The van der Waals surface area contributed by atoms with Gasteiger partial charge in [-0.1, -0.05) is 0 Å². The Morgan fingerprint density at radius 2 is 2.20 bits per heavy atom. The summed E-state index contributed by atoms with van der Waals surface area (Å²) >= 11 is 0. The third-order valence-corrected chi connectivity index (χ3v) is 4.95. The fraction of sp³-hybridized carbons (Fsp3) is 0.500. The molecule has 134 valence electrons. The zero-order chi connectivity index (χ0) is 18.1. The number of rotatable bonds is 5. The van der Waals surface area contributed by atoms with Crippen LogP contribution in [0.3, 0.4) is 0 Å². The number of likely N-dealkylation sites (N-methyl/N-ethyl adjacent to an activating group) is 1. The Morgan fingerprint density at radius 3 is 2.80 bits per heavy atom. The van der Waals surface area contributed by atoms with Crippen LogP contribution < -0.4 is 0 Å². The van der Waals surface area contributed by atoms with Crippen molar-refractivity contribution in [2.24, 2.45) is 7.05 Å². The molecule has 0 aromatic carbocycles. The van der Waals surface area contributed by atoms with Crippen LogP contribution in [0.25, 0.3) is 0 Å². The zero-order valence-corrected chi connectivity index (χ0v) is 15.2. The molecule has 0 radical (unpaired) electrons. The number of carbonyl (C=O) groups is 2. The van der Waals surface area contributed by atoms with Gasteiger partial charge in [0.25, 0.3) is 0 Å². The third kappa shape index (κ3) is 3.31. The van der Waals surface area contributed by atoms with E-state index < -0.39 is 6.04 Å². The van der Waals surface area contributed by atoms with Crippen molar-refractivity contribution in [3.8, 4) is 0 Å². The molecule has 7 nitrogen and oxygen atoms in total. The summed E-state index contributed by atoms with van der Waals surface area (Å²) in [6.45, 7) is 4.77. The monoisotopic (exact) mass is 344 g/mol. The van der Waals surface area contributed by atoms with Gasteiger partial charge >= 0.3 is 0 Å². The lowest BCUT2D eigenvalue weighted by molar-refractivity contribution is -0.141. The van der Waals surface area contributed by atoms with E-state index in [-0.39, 0.29) is 11.8 Å². The summed E-state index contributed by atoms with van der Waals surface area (Å²) in [5, 5.41) is 4.40. The van der Waals surface area contributed by atoms with Crippen LogP contribution in [0.5, 0.6) is 0 Å². The zero-order valence-electron chi connectivity index (χ0n) is 15.2. The summed E-state index contributed by atoms with van der Waals surface area (Å²) < 4.78 is 7.16. The van der Waals surface area contributed by atoms with E-state index in [2.05, 4.69) is 5.10 Å². The molecule has 3 heterocycles. The second-order valence-electron chi connectivity index (χ2n) is 6.62. The largest absolute Gasteiger partial charge is 0.467 e. The van der Waals surface area contributed by atoms with Gasteiger partial charge in [-0.3, -0.25) is 14.3 Å². The first-order valence-corrected chi connectivity index (χ1v) is 8.44. The normalized spacial score (nSPS) is 17.4. The van der Waals surface area contributed by atoms with E-state index >= 15 is 0 Å². The van der Waals surface area contributed by atoms with Crippen LogP contribution in [-0.4, -0.2) is 44.5 Å². The van der Waals surface area contributed by atoms with E-state index in [0.717, 1.165) is 17.0 Å². The molecule has 1 aliphatic rings.